The van der Waals surface area contributed by atoms with Gasteiger partial charge >= 0.3 is 0 Å². The van der Waals surface area contributed by atoms with E-state index >= 15 is 0 Å². The molecule has 0 saturated carbocycles. The molecule has 21 heavy (non-hydrogen) atoms. The molecule has 0 unspecified atom stereocenters. The highest BCUT2D eigenvalue weighted by Gasteiger charge is 2.22. The van der Waals surface area contributed by atoms with Gasteiger partial charge in [0, 0.05) is 24.3 Å². The second kappa shape index (κ2) is 5.60. The molecule has 2 heterocycles. The Morgan fingerprint density at radius 3 is 3.10 bits per heavy atom. The first-order valence-electron chi connectivity index (χ1n) is 7.26. The Balaban J connectivity index is 2.00. The van der Waals surface area contributed by atoms with Crippen LogP contribution < -0.4 is 10.1 Å². The molecule has 1 aromatic carbocycles. The first-order valence-corrected chi connectivity index (χ1v) is 7.26. The van der Waals surface area contributed by atoms with Crippen LogP contribution in [-0.2, 0) is 13.0 Å². The van der Waals surface area contributed by atoms with Crippen LogP contribution >= 0.6 is 0 Å². The summed E-state index contributed by atoms with van der Waals surface area (Å²) >= 11 is 0. The summed E-state index contributed by atoms with van der Waals surface area (Å²) in [6, 6.07) is 5.81. The number of hydrogen-bond donors (Lipinski definition) is 1. The molecular weight excluding hydrogens is 266 g/mol. The van der Waals surface area contributed by atoms with Crippen LogP contribution in [0.1, 0.15) is 35.0 Å². The fraction of sp³-hybridized carbons (Fsp3) is 0.375. The maximum Gasteiger partial charge on any atom is 0.214 e. The minimum absolute atomic E-state index is 0.0347. The van der Waals surface area contributed by atoms with Crippen LogP contribution in [0.4, 0.5) is 5.69 Å². The van der Waals surface area contributed by atoms with Gasteiger partial charge in [-0.3, -0.25) is 9.48 Å². The summed E-state index contributed by atoms with van der Waals surface area (Å²) in [6.07, 6.45) is 3.48. The van der Waals surface area contributed by atoms with Gasteiger partial charge in [-0.1, -0.05) is 6.92 Å². The first-order chi connectivity index (χ1) is 10.2. The van der Waals surface area contributed by atoms with E-state index in [9.17, 15) is 4.79 Å². The number of hydrogen-bond acceptors (Lipinski definition) is 4. The van der Waals surface area contributed by atoms with Crippen LogP contribution in [0.15, 0.2) is 24.4 Å². The van der Waals surface area contributed by atoms with Gasteiger partial charge in [-0.2, -0.15) is 5.10 Å². The number of carbonyl (C=O) groups is 1. The van der Waals surface area contributed by atoms with E-state index in [-0.39, 0.29) is 5.78 Å². The Hall–Kier alpha value is -2.30. The van der Waals surface area contributed by atoms with E-state index in [1.54, 1.807) is 18.0 Å². The van der Waals surface area contributed by atoms with Crippen LogP contribution in [0.3, 0.4) is 0 Å². The number of nitrogens with one attached hydrogen (secondary N) is 1. The third kappa shape index (κ3) is 2.39. The quantitative estimate of drug-likeness (QED) is 0.858. The van der Waals surface area contributed by atoms with Gasteiger partial charge < -0.3 is 10.1 Å². The van der Waals surface area contributed by atoms with E-state index in [1.165, 1.54) is 5.56 Å². The van der Waals surface area contributed by atoms with E-state index in [1.807, 2.05) is 18.2 Å². The molecule has 0 saturated heterocycles. The van der Waals surface area contributed by atoms with Crippen LogP contribution in [0, 0.1) is 0 Å². The third-order valence-electron chi connectivity index (χ3n) is 3.75. The average Bonchev–Trinajstić information content (AvgIpc) is 3.12. The molecule has 0 bridgehead atoms. The number of nitrogens with zero attached hydrogens (tertiary/aromatic N) is 2. The average molecular weight is 285 g/mol. The molecule has 1 N–H and O–H groups in total. The van der Waals surface area contributed by atoms with Gasteiger partial charge in [0.2, 0.25) is 5.78 Å². The van der Waals surface area contributed by atoms with Gasteiger partial charge in [0.25, 0.3) is 0 Å². The molecular formula is C16H19N3O2. The van der Waals surface area contributed by atoms with Crippen molar-refractivity contribution in [3.8, 4) is 5.75 Å². The monoisotopic (exact) mass is 285 g/mol. The molecule has 0 fully saturated rings. The minimum atomic E-state index is -0.0347. The van der Waals surface area contributed by atoms with Gasteiger partial charge in [-0.05, 0) is 36.6 Å². The number of benzene rings is 1. The molecule has 5 heteroatoms. The summed E-state index contributed by atoms with van der Waals surface area (Å²) in [5.74, 6) is 0.500. The zero-order valence-corrected chi connectivity index (χ0v) is 12.3. The van der Waals surface area contributed by atoms with Crippen molar-refractivity contribution in [1.29, 1.82) is 0 Å². The Bertz CT molecular complexity index is 676. The molecule has 2 aromatic rings. The van der Waals surface area contributed by atoms with E-state index < -0.39 is 0 Å². The van der Waals surface area contributed by atoms with Crippen molar-refractivity contribution in [2.24, 2.45) is 0 Å². The largest absolute Gasteiger partial charge is 0.493 e. The molecule has 0 aliphatic carbocycles. The lowest BCUT2D eigenvalue weighted by Crippen LogP contribution is -2.12. The fourth-order valence-corrected chi connectivity index (χ4v) is 2.71. The lowest BCUT2D eigenvalue weighted by Gasteiger charge is -2.08. The van der Waals surface area contributed by atoms with E-state index in [0.717, 1.165) is 25.1 Å². The molecule has 0 radical (unpaired) electrons. The topological polar surface area (TPSA) is 56.2 Å². The molecule has 1 aliphatic rings. The smallest absolute Gasteiger partial charge is 0.214 e. The van der Waals surface area contributed by atoms with E-state index in [4.69, 9.17) is 4.74 Å². The maximum absolute atomic E-state index is 12.8. The predicted molar refractivity (Wildman–Crippen MR) is 81.1 cm³/mol. The van der Waals surface area contributed by atoms with Crippen molar-refractivity contribution < 1.29 is 9.53 Å². The zero-order chi connectivity index (χ0) is 14.8. The maximum atomic E-state index is 12.8. The number of carbonyl (C=O) groups excluding carboxylic acids is 1. The van der Waals surface area contributed by atoms with Gasteiger partial charge in [0.15, 0.2) is 11.4 Å². The van der Waals surface area contributed by atoms with Crippen molar-refractivity contribution in [3.63, 3.8) is 0 Å². The number of methoxy groups -OCH3 is 1. The Labute approximate surface area is 123 Å². The molecule has 0 atom stereocenters. The molecule has 110 valence electrons. The fourth-order valence-electron chi connectivity index (χ4n) is 2.71. The van der Waals surface area contributed by atoms with E-state index in [2.05, 4.69) is 17.3 Å². The first kappa shape index (κ1) is 13.7. The van der Waals surface area contributed by atoms with Gasteiger partial charge in [0.1, 0.15) is 0 Å². The molecule has 1 aromatic heterocycles. The summed E-state index contributed by atoms with van der Waals surface area (Å²) in [7, 11) is 1.57. The van der Waals surface area contributed by atoms with Crippen molar-refractivity contribution in [1.82, 2.24) is 9.78 Å². The van der Waals surface area contributed by atoms with Crippen LogP contribution in [0.25, 0.3) is 0 Å². The highest BCUT2D eigenvalue weighted by molar-refractivity contribution is 6.09. The molecule has 5 nitrogen and oxygen atoms in total. The number of fused-ring (bicyclic) bond motifs is 1. The SMILES string of the molecule is CCCn1ncc(OC)c1C(=O)c1ccc2c(c1)CCN2. The minimum Gasteiger partial charge on any atom is -0.493 e. The standard InChI is InChI=1S/C16H19N3O2/c1-3-8-19-15(14(21-2)10-18-19)16(20)12-4-5-13-11(9-12)6-7-17-13/h4-5,9-10,17H,3,6-8H2,1-2H3. The van der Waals surface area contributed by atoms with Crippen LogP contribution in [0.2, 0.25) is 0 Å². The van der Waals surface area contributed by atoms with Crippen molar-refractivity contribution in [2.75, 3.05) is 19.0 Å². The van der Waals surface area contributed by atoms with Gasteiger partial charge in [0.05, 0.1) is 13.3 Å². The van der Waals surface area contributed by atoms with E-state index in [0.29, 0.717) is 23.6 Å². The van der Waals surface area contributed by atoms with Crippen molar-refractivity contribution >= 4 is 11.5 Å². The van der Waals surface area contributed by atoms with Crippen LogP contribution in [-0.4, -0.2) is 29.2 Å². The Morgan fingerprint density at radius 1 is 1.48 bits per heavy atom. The number of ether oxygens (including phenoxy) is 1. The van der Waals surface area contributed by atoms with Crippen molar-refractivity contribution in [3.05, 3.63) is 41.2 Å². The van der Waals surface area contributed by atoms with Gasteiger partial charge in [-0.15, -0.1) is 0 Å². The summed E-state index contributed by atoms with van der Waals surface area (Å²) in [6.45, 7) is 3.70. The lowest BCUT2D eigenvalue weighted by molar-refractivity contribution is 0.102. The molecule has 0 amide bonds. The number of aromatic nitrogens is 2. The van der Waals surface area contributed by atoms with Crippen LogP contribution in [0.5, 0.6) is 5.75 Å². The Kier molecular flexibility index (Phi) is 3.64. The van der Waals surface area contributed by atoms with Gasteiger partial charge in [-0.25, -0.2) is 0 Å². The Morgan fingerprint density at radius 2 is 2.33 bits per heavy atom. The number of anilines is 1. The molecule has 0 spiro atoms. The zero-order valence-electron chi connectivity index (χ0n) is 12.3. The molecule has 3 rings (SSSR count). The number of aryl methyl sites for hydroxylation is 1. The third-order valence-corrected chi connectivity index (χ3v) is 3.75. The lowest BCUT2D eigenvalue weighted by atomic mass is 10.0. The predicted octanol–water partition coefficient (Wildman–Crippen LogP) is 2.50. The summed E-state index contributed by atoms with van der Waals surface area (Å²) in [4.78, 5) is 12.8. The molecule has 1 aliphatic heterocycles. The summed E-state index contributed by atoms with van der Waals surface area (Å²) < 4.78 is 7.02. The number of rotatable bonds is 5. The van der Waals surface area contributed by atoms with Crippen molar-refractivity contribution in [2.45, 2.75) is 26.3 Å². The highest BCUT2D eigenvalue weighted by Crippen LogP contribution is 2.26. The highest BCUT2D eigenvalue weighted by atomic mass is 16.5. The summed E-state index contributed by atoms with van der Waals surface area (Å²) in [5.41, 5.74) is 3.54. The second-order valence-electron chi connectivity index (χ2n) is 5.16. The number of ketones is 1. The summed E-state index contributed by atoms with van der Waals surface area (Å²) in [5, 5.41) is 7.56. The normalized spacial score (nSPS) is 12.9. The second-order valence-corrected chi connectivity index (χ2v) is 5.16.